The first-order valence-corrected chi connectivity index (χ1v) is 14.9. The van der Waals surface area contributed by atoms with Crippen LogP contribution in [0.1, 0.15) is 45.5 Å². The van der Waals surface area contributed by atoms with Crippen LogP contribution in [0, 0.1) is 13.0 Å². The Bertz CT molecular complexity index is 1830. The number of carboxylic acid groups (broad SMARTS) is 1. The van der Waals surface area contributed by atoms with Gasteiger partial charge in [0, 0.05) is 56.3 Å². The Morgan fingerprint density at radius 2 is 1.73 bits per heavy atom. The second kappa shape index (κ2) is 15.0. The van der Waals surface area contributed by atoms with Crippen LogP contribution in [0.5, 0.6) is 11.5 Å². The molecule has 0 aliphatic carbocycles. The van der Waals surface area contributed by atoms with Gasteiger partial charge in [0.25, 0.3) is 0 Å². The van der Waals surface area contributed by atoms with Gasteiger partial charge < -0.3 is 19.0 Å². The van der Waals surface area contributed by atoms with Gasteiger partial charge in [0.1, 0.15) is 35.9 Å². The van der Waals surface area contributed by atoms with E-state index < -0.39 is 11.6 Å². The second-order valence-corrected chi connectivity index (χ2v) is 11.1. The van der Waals surface area contributed by atoms with E-state index in [1.165, 1.54) is 18.9 Å². The van der Waals surface area contributed by atoms with Crippen molar-refractivity contribution < 1.29 is 56.5 Å². The monoisotopic (exact) mass is 677 g/mol. The molecule has 1 fully saturated rings. The van der Waals surface area contributed by atoms with Crippen LogP contribution in [-0.2, 0) is 45.7 Å². The second-order valence-electron chi connectivity index (χ2n) is 11.1. The van der Waals surface area contributed by atoms with Crippen LogP contribution in [0.2, 0.25) is 0 Å². The van der Waals surface area contributed by atoms with E-state index in [4.69, 9.17) is 13.9 Å². The van der Waals surface area contributed by atoms with Crippen molar-refractivity contribution in [1.29, 1.82) is 0 Å². The molecule has 0 bridgehead atoms. The molecule has 5 aromatic rings. The zero-order valence-corrected chi connectivity index (χ0v) is 28.1. The number of aromatic carboxylic acids is 1. The molecule has 0 spiro atoms. The summed E-state index contributed by atoms with van der Waals surface area (Å²) in [6, 6.07) is 28.9. The van der Waals surface area contributed by atoms with Crippen LogP contribution in [0.15, 0.2) is 94.1 Å². The number of carbonyl (C=O) groups is 1. The number of ether oxygens (including phenoxy) is 2. The fraction of sp³-hybridized carbons (Fsp3) is 0.243. The Labute approximate surface area is 287 Å². The van der Waals surface area contributed by atoms with Crippen LogP contribution < -0.4 is 15.1 Å². The standard InChI is InChI=1S/C37H34NO6.Y/c1-25-9-5-6-12-29(25)35-31(21-26-13-15-28(16-14-26)42-20-19-38-17-7-8-18-38)30-22-32(36(39)40)33(23-34(30)44-37(35)41)43-24-27-10-3-2-4-11-27;/h2-4,6,9-16,22-23H,7-8,17-21,24H2,1H3,(H,39,40);/q-1;. The Balaban J connectivity index is 0.00000400. The first-order valence-electron chi connectivity index (χ1n) is 14.9. The summed E-state index contributed by atoms with van der Waals surface area (Å²) in [5.74, 6) is -0.209. The molecule has 1 aromatic heterocycles. The molecule has 1 aliphatic heterocycles. The first-order chi connectivity index (χ1) is 21.5. The molecular weight excluding hydrogens is 643 g/mol. The molecule has 8 heteroatoms. The van der Waals surface area contributed by atoms with Crippen molar-refractivity contribution in [1.82, 2.24) is 4.90 Å². The summed E-state index contributed by atoms with van der Waals surface area (Å²) in [5, 5.41) is 10.7. The molecule has 1 saturated heterocycles. The van der Waals surface area contributed by atoms with Crippen LogP contribution in [-0.4, -0.2) is 42.2 Å². The van der Waals surface area contributed by atoms with E-state index in [-0.39, 0.29) is 56.2 Å². The summed E-state index contributed by atoms with van der Waals surface area (Å²) in [6.45, 7) is 5.89. The number of hydrogen-bond donors (Lipinski definition) is 1. The van der Waals surface area contributed by atoms with Gasteiger partial charge in [-0.1, -0.05) is 49.4 Å². The third-order valence-electron chi connectivity index (χ3n) is 8.10. The van der Waals surface area contributed by atoms with Crippen molar-refractivity contribution in [3.05, 3.63) is 129 Å². The van der Waals surface area contributed by atoms with E-state index in [1.54, 1.807) is 12.1 Å². The van der Waals surface area contributed by atoms with Crippen LogP contribution in [0.4, 0.5) is 0 Å². The van der Waals surface area contributed by atoms with Crippen molar-refractivity contribution >= 4 is 16.9 Å². The van der Waals surface area contributed by atoms with Crippen molar-refractivity contribution in [3.63, 3.8) is 0 Å². The van der Waals surface area contributed by atoms with Crippen LogP contribution in [0.3, 0.4) is 0 Å². The summed E-state index contributed by atoms with van der Waals surface area (Å²) in [6.07, 6.45) is 2.88. The molecular formula is C37H34NO6Y-. The fourth-order valence-electron chi connectivity index (χ4n) is 5.77. The minimum absolute atomic E-state index is 0. The smallest absolute Gasteiger partial charge is 0.342 e. The van der Waals surface area contributed by atoms with E-state index in [0.29, 0.717) is 29.5 Å². The van der Waals surface area contributed by atoms with Crippen molar-refractivity contribution in [2.45, 2.75) is 32.8 Å². The molecule has 45 heavy (non-hydrogen) atoms. The summed E-state index contributed by atoms with van der Waals surface area (Å²) in [7, 11) is 0. The molecule has 0 unspecified atom stereocenters. The van der Waals surface area contributed by atoms with Crippen LogP contribution in [0.25, 0.3) is 22.1 Å². The summed E-state index contributed by atoms with van der Waals surface area (Å²) in [4.78, 5) is 28.5. The predicted molar refractivity (Wildman–Crippen MR) is 170 cm³/mol. The average molecular weight is 678 g/mol. The number of fused-ring (bicyclic) bond motifs is 1. The van der Waals surface area contributed by atoms with E-state index in [9.17, 15) is 14.7 Å². The minimum Gasteiger partial charge on any atom is -0.492 e. The fourth-order valence-corrected chi connectivity index (χ4v) is 5.77. The zero-order chi connectivity index (χ0) is 30.5. The number of aryl methyl sites for hydroxylation is 1. The molecule has 0 amide bonds. The third kappa shape index (κ3) is 7.72. The van der Waals surface area contributed by atoms with Gasteiger partial charge in [0.2, 0.25) is 0 Å². The maximum absolute atomic E-state index is 13.6. The summed E-state index contributed by atoms with van der Waals surface area (Å²) < 4.78 is 17.8. The Morgan fingerprint density at radius 3 is 2.44 bits per heavy atom. The Hall–Kier alpha value is -3.78. The van der Waals surface area contributed by atoms with Crippen LogP contribution >= 0.6 is 0 Å². The topological polar surface area (TPSA) is 89.2 Å². The van der Waals surface area contributed by atoms with Crippen molar-refractivity contribution in [2.24, 2.45) is 0 Å². The molecule has 0 atom stereocenters. The number of likely N-dealkylation sites (tertiary alicyclic amines) is 1. The molecule has 227 valence electrons. The summed E-state index contributed by atoms with van der Waals surface area (Å²) in [5.41, 5.74) is 4.28. The normalized spacial score (nSPS) is 13.0. The van der Waals surface area contributed by atoms with E-state index in [1.807, 2.05) is 73.7 Å². The van der Waals surface area contributed by atoms with Gasteiger partial charge in [-0.2, -0.15) is 29.8 Å². The molecule has 4 aromatic carbocycles. The minimum atomic E-state index is -1.13. The molecule has 7 nitrogen and oxygen atoms in total. The maximum Gasteiger partial charge on any atom is 0.342 e. The average Bonchev–Trinajstić information content (AvgIpc) is 3.55. The quantitative estimate of drug-likeness (QED) is 0.120. The largest absolute Gasteiger partial charge is 0.492 e. The number of carboxylic acids is 1. The van der Waals surface area contributed by atoms with Gasteiger partial charge in [-0.15, -0.1) is 5.56 Å². The predicted octanol–water partition coefficient (Wildman–Crippen LogP) is 6.91. The van der Waals surface area contributed by atoms with E-state index in [2.05, 4.69) is 11.0 Å². The molecule has 6 rings (SSSR count). The van der Waals surface area contributed by atoms with Gasteiger partial charge >= 0.3 is 11.6 Å². The Morgan fingerprint density at radius 1 is 0.978 bits per heavy atom. The zero-order valence-electron chi connectivity index (χ0n) is 25.3. The number of hydrogen-bond acceptors (Lipinski definition) is 6. The van der Waals surface area contributed by atoms with Gasteiger partial charge in [-0.3, -0.25) is 4.90 Å². The summed E-state index contributed by atoms with van der Waals surface area (Å²) >= 11 is 0. The van der Waals surface area contributed by atoms with Gasteiger partial charge in [0.15, 0.2) is 0 Å². The van der Waals surface area contributed by atoms with Gasteiger partial charge in [-0.05, 0) is 67.2 Å². The van der Waals surface area contributed by atoms with Crippen molar-refractivity contribution in [2.75, 3.05) is 26.2 Å². The Kier molecular flexibility index (Phi) is 10.9. The van der Waals surface area contributed by atoms with Gasteiger partial charge in [0.05, 0.1) is 0 Å². The number of nitrogens with zero attached hydrogens (tertiary/aromatic N) is 1. The molecule has 2 heterocycles. The SMILES string of the molecule is Cc1c[c-]ccc1-c1c(Cc2ccc(OCCN3CCCC3)cc2)c2cc(C(=O)O)c(OCc3ccccc3)cc2oc1=O.[Y]. The molecule has 0 saturated carbocycles. The molecule has 1 N–H and O–H groups in total. The van der Waals surface area contributed by atoms with Gasteiger partial charge in [-0.25, -0.2) is 9.59 Å². The molecule has 1 radical (unpaired) electrons. The third-order valence-corrected chi connectivity index (χ3v) is 8.10. The van der Waals surface area contributed by atoms with E-state index >= 15 is 0 Å². The number of benzene rings is 4. The maximum atomic E-state index is 13.6. The first kappa shape index (κ1) is 32.6. The molecule has 1 aliphatic rings. The van der Waals surface area contributed by atoms with Crippen molar-refractivity contribution in [3.8, 4) is 22.6 Å². The van der Waals surface area contributed by atoms with E-state index in [0.717, 1.165) is 47.6 Å². The number of rotatable bonds is 11.